The number of carbonyl (C=O) groups is 3. The fourth-order valence-corrected chi connectivity index (χ4v) is 5.16. The minimum atomic E-state index is -0.448. The molecule has 3 heterocycles. The molecule has 5 rings (SSSR count). The fourth-order valence-electron chi connectivity index (χ4n) is 4.33. The number of nitrogens with zero attached hydrogens (tertiary/aromatic N) is 3. The van der Waals surface area contributed by atoms with Gasteiger partial charge < -0.3 is 23.7 Å². The van der Waals surface area contributed by atoms with Gasteiger partial charge in [-0.25, -0.2) is 0 Å². The van der Waals surface area contributed by atoms with Gasteiger partial charge in [-0.15, -0.1) is 0 Å². The Morgan fingerprint density at radius 1 is 1.05 bits per heavy atom. The lowest BCUT2D eigenvalue weighted by Gasteiger charge is -2.28. The molecule has 0 atom stereocenters. The standard InChI is InChI=1S/C27H27N3O6S/c1-34-20-6-8-21(9-7-20)36-15-12-29-17-19(22-4-2-3-5-23(22)29)16-24-26(32)30(27(33)37-24)18-25(31)28-10-13-35-14-11-28/h2-9,16-17H,10-15,18H2,1H3/b24-16-. The summed E-state index contributed by atoms with van der Waals surface area (Å²) in [6, 6.07) is 15.3. The number of ether oxygens (including phenoxy) is 3. The molecule has 0 spiro atoms. The van der Waals surface area contributed by atoms with E-state index in [4.69, 9.17) is 14.2 Å². The lowest BCUT2D eigenvalue weighted by molar-refractivity contribution is -0.139. The molecule has 2 aromatic carbocycles. The van der Waals surface area contributed by atoms with Crippen LogP contribution in [0.4, 0.5) is 4.79 Å². The molecule has 0 saturated carbocycles. The third kappa shape index (κ3) is 5.50. The van der Waals surface area contributed by atoms with E-state index in [2.05, 4.69) is 4.57 Å². The zero-order chi connectivity index (χ0) is 25.8. The largest absolute Gasteiger partial charge is 0.497 e. The fraction of sp³-hybridized carbons (Fsp3) is 0.296. The quantitative estimate of drug-likeness (QED) is 0.418. The number of carbonyl (C=O) groups excluding carboxylic acids is 3. The second-order valence-corrected chi connectivity index (χ2v) is 9.57. The van der Waals surface area contributed by atoms with Gasteiger partial charge in [-0.2, -0.15) is 0 Å². The number of hydrogen-bond acceptors (Lipinski definition) is 7. The van der Waals surface area contributed by atoms with Crippen molar-refractivity contribution in [1.82, 2.24) is 14.4 Å². The molecule has 9 nitrogen and oxygen atoms in total. The summed E-state index contributed by atoms with van der Waals surface area (Å²) in [5.41, 5.74) is 1.82. The average Bonchev–Trinajstić information content (AvgIpc) is 3.41. The number of amides is 3. The molecular weight excluding hydrogens is 494 g/mol. The van der Waals surface area contributed by atoms with E-state index in [1.54, 1.807) is 18.1 Å². The first kappa shape index (κ1) is 24.9. The molecule has 0 N–H and O–H groups in total. The molecule has 0 radical (unpaired) electrons. The topological polar surface area (TPSA) is 90.3 Å². The number of methoxy groups -OCH3 is 1. The predicted molar refractivity (Wildman–Crippen MR) is 141 cm³/mol. The number of benzene rings is 2. The molecule has 1 aromatic heterocycles. The number of morpholine rings is 1. The highest BCUT2D eigenvalue weighted by Crippen LogP contribution is 2.34. The Hall–Kier alpha value is -3.76. The molecule has 10 heteroatoms. The van der Waals surface area contributed by atoms with Crippen LogP contribution in [0.2, 0.25) is 0 Å². The van der Waals surface area contributed by atoms with Crippen molar-refractivity contribution >= 4 is 45.8 Å². The number of fused-ring (bicyclic) bond motifs is 1. The van der Waals surface area contributed by atoms with Crippen molar-refractivity contribution in [3.63, 3.8) is 0 Å². The predicted octanol–water partition coefficient (Wildman–Crippen LogP) is 3.62. The number of para-hydroxylation sites is 1. The summed E-state index contributed by atoms with van der Waals surface area (Å²) in [6.45, 7) is 2.64. The number of hydrogen-bond donors (Lipinski definition) is 0. The van der Waals surface area contributed by atoms with E-state index in [9.17, 15) is 14.4 Å². The molecular formula is C27H27N3O6S. The summed E-state index contributed by atoms with van der Waals surface area (Å²) >= 11 is 0.860. The van der Waals surface area contributed by atoms with E-state index < -0.39 is 11.1 Å². The van der Waals surface area contributed by atoms with Crippen LogP contribution < -0.4 is 9.47 Å². The van der Waals surface area contributed by atoms with Gasteiger partial charge in [0, 0.05) is 35.8 Å². The van der Waals surface area contributed by atoms with Crippen LogP contribution >= 0.6 is 11.8 Å². The van der Waals surface area contributed by atoms with Crippen molar-refractivity contribution in [3.8, 4) is 11.5 Å². The molecule has 2 aliphatic rings. The Morgan fingerprint density at radius 3 is 2.54 bits per heavy atom. The van der Waals surface area contributed by atoms with Crippen LogP contribution in [0.3, 0.4) is 0 Å². The van der Waals surface area contributed by atoms with Crippen molar-refractivity contribution in [1.29, 1.82) is 0 Å². The van der Waals surface area contributed by atoms with Gasteiger partial charge in [-0.05, 0) is 48.2 Å². The van der Waals surface area contributed by atoms with E-state index in [0.29, 0.717) is 44.4 Å². The summed E-state index contributed by atoms with van der Waals surface area (Å²) in [5.74, 6) is 0.817. The van der Waals surface area contributed by atoms with E-state index in [-0.39, 0.29) is 12.5 Å². The van der Waals surface area contributed by atoms with Gasteiger partial charge in [0.15, 0.2) is 0 Å². The summed E-state index contributed by atoms with van der Waals surface area (Å²) in [5, 5.41) is 0.526. The van der Waals surface area contributed by atoms with Crippen molar-refractivity contribution in [2.45, 2.75) is 6.54 Å². The maximum Gasteiger partial charge on any atom is 0.294 e. The number of rotatable bonds is 8. The molecule has 2 aliphatic heterocycles. The normalized spacial score (nSPS) is 17.2. The number of imide groups is 1. The molecule has 37 heavy (non-hydrogen) atoms. The van der Waals surface area contributed by atoms with Crippen LogP contribution in [0.15, 0.2) is 59.6 Å². The van der Waals surface area contributed by atoms with Gasteiger partial charge in [0.05, 0.1) is 31.8 Å². The van der Waals surface area contributed by atoms with Crippen molar-refractivity contribution in [2.75, 3.05) is 46.6 Å². The van der Waals surface area contributed by atoms with Crippen LogP contribution in [0.25, 0.3) is 17.0 Å². The highest BCUT2D eigenvalue weighted by atomic mass is 32.2. The van der Waals surface area contributed by atoms with Crippen LogP contribution in [0, 0.1) is 0 Å². The van der Waals surface area contributed by atoms with Crippen LogP contribution in [0.5, 0.6) is 11.5 Å². The molecule has 3 amide bonds. The van der Waals surface area contributed by atoms with Gasteiger partial charge in [0.25, 0.3) is 11.1 Å². The second kappa shape index (κ2) is 11.1. The molecule has 192 valence electrons. The first-order valence-corrected chi connectivity index (χ1v) is 12.8. The third-order valence-corrected chi connectivity index (χ3v) is 7.20. The Kier molecular flexibility index (Phi) is 7.47. The van der Waals surface area contributed by atoms with E-state index >= 15 is 0 Å². The Bertz CT molecular complexity index is 1340. The maximum absolute atomic E-state index is 13.0. The van der Waals surface area contributed by atoms with Gasteiger partial charge in [0.1, 0.15) is 24.7 Å². The maximum atomic E-state index is 13.0. The zero-order valence-corrected chi connectivity index (χ0v) is 21.2. The first-order valence-electron chi connectivity index (χ1n) is 12.0. The van der Waals surface area contributed by atoms with Crippen LogP contribution in [-0.4, -0.2) is 78.0 Å². The van der Waals surface area contributed by atoms with Gasteiger partial charge in [0.2, 0.25) is 5.91 Å². The van der Waals surface area contributed by atoms with E-state index in [0.717, 1.165) is 44.6 Å². The molecule has 2 saturated heterocycles. The van der Waals surface area contributed by atoms with Crippen LogP contribution in [-0.2, 0) is 20.9 Å². The third-order valence-electron chi connectivity index (χ3n) is 6.30. The Morgan fingerprint density at radius 2 is 1.78 bits per heavy atom. The second-order valence-electron chi connectivity index (χ2n) is 8.58. The summed E-state index contributed by atoms with van der Waals surface area (Å²) < 4.78 is 18.4. The molecule has 3 aromatic rings. The molecule has 0 aliphatic carbocycles. The van der Waals surface area contributed by atoms with E-state index in [1.165, 1.54) is 0 Å². The zero-order valence-electron chi connectivity index (χ0n) is 20.4. The molecule has 0 unspecified atom stereocenters. The summed E-state index contributed by atoms with van der Waals surface area (Å²) in [7, 11) is 1.62. The van der Waals surface area contributed by atoms with Crippen LogP contribution in [0.1, 0.15) is 5.56 Å². The molecule has 2 fully saturated rings. The number of thioether (sulfide) groups is 1. The number of aromatic nitrogens is 1. The summed E-state index contributed by atoms with van der Waals surface area (Å²) in [4.78, 5) is 41.2. The Labute approximate surface area is 218 Å². The van der Waals surface area contributed by atoms with Crippen molar-refractivity contribution in [3.05, 3.63) is 65.2 Å². The lowest BCUT2D eigenvalue weighted by Crippen LogP contribution is -2.46. The average molecular weight is 522 g/mol. The lowest BCUT2D eigenvalue weighted by atomic mass is 10.1. The highest BCUT2D eigenvalue weighted by molar-refractivity contribution is 8.18. The van der Waals surface area contributed by atoms with Crippen molar-refractivity contribution < 1.29 is 28.6 Å². The molecule has 0 bridgehead atoms. The highest BCUT2D eigenvalue weighted by Gasteiger charge is 2.37. The van der Waals surface area contributed by atoms with E-state index in [1.807, 2.05) is 54.7 Å². The summed E-state index contributed by atoms with van der Waals surface area (Å²) in [6.07, 6.45) is 3.68. The SMILES string of the molecule is COc1ccc(OCCn2cc(/C=C3\SC(=O)N(CC(=O)N4CCOCC4)C3=O)c3ccccc32)cc1. The first-order chi connectivity index (χ1) is 18.0. The van der Waals surface area contributed by atoms with Crippen molar-refractivity contribution in [2.24, 2.45) is 0 Å². The monoisotopic (exact) mass is 521 g/mol. The van der Waals surface area contributed by atoms with Gasteiger partial charge >= 0.3 is 0 Å². The minimum Gasteiger partial charge on any atom is -0.497 e. The van der Waals surface area contributed by atoms with Gasteiger partial charge in [-0.1, -0.05) is 18.2 Å². The Balaban J connectivity index is 1.30. The minimum absolute atomic E-state index is 0.250. The smallest absolute Gasteiger partial charge is 0.294 e. The van der Waals surface area contributed by atoms with Gasteiger partial charge in [-0.3, -0.25) is 19.3 Å².